The van der Waals surface area contributed by atoms with E-state index in [9.17, 15) is 26.0 Å². The third-order valence-corrected chi connectivity index (χ3v) is 9.91. The summed E-state index contributed by atoms with van der Waals surface area (Å²) in [5, 5.41) is 0. The minimum atomic E-state index is -3.99. The molecular formula is C36H28F6O2S. The van der Waals surface area contributed by atoms with Gasteiger partial charge in [-0.15, -0.1) is 0 Å². The fraction of sp³-hybridized carbons (Fsp3) is 0.222. The Kier molecular flexibility index (Phi) is 8.48. The van der Waals surface area contributed by atoms with Crippen LogP contribution in [0.5, 0.6) is 0 Å². The van der Waals surface area contributed by atoms with Gasteiger partial charge in [-0.3, -0.25) is 0 Å². The van der Waals surface area contributed by atoms with Crippen molar-refractivity contribution in [2.45, 2.75) is 50.0 Å². The van der Waals surface area contributed by atoms with Crippen LogP contribution in [0.3, 0.4) is 0 Å². The monoisotopic (exact) mass is 638 g/mol. The van der Waals surface area contributed by atoms with Crippen molar-refractivity contribution in [1.29, 1.82) is 0 Å². The van der Waals surface area contributed by atoms with Gasteiger partial charge in [-0.25, -0.2) is 34.8 Å². The van der Waals surface area contributed by atoms with Crippen LogP contribution >= 0.6 is 0 Å². The molecule has 0 N–H and O–H groups in total. The molecule has 0 amide bonds. The van der Waals surface area contributed by atoms with E-state index in [-0.39, 0.29) is 11.1 Å². The number of allylic oxidation sites excluding steroid dienone is 4. The lowest BCUT2D eigenvalue weighted by Gasteiger charge is -2.13. The zero-order valence-electron chi connectivity index (χ0n) is 24.1. The van der Waals surface area contributed by atoms with Gasteiger partial charge in [0.25, 0.3) is 0 Å². The van der Waals surface area contributed by atoms with Crippen LogP contribution in [0.2, 0.25) is 0 Å². The van der Waals surface area contributed by atoms with Crippen molar-refractivity contribution in [2.24, 2.45) is 0 Å². The van der Waals surface area contributed by atoms with Gasteiger partial charge in [0, 0.05) is 23.3 Å². The SMILES string of the molecule is O=S(=O)(Cc1ccc(C2=C(c3cc(F)cc(F)c3)CCC2)cc1F)Cc1ccc(C2=C(c3cc(F)cc(F)c3)CCC2)cc1F. The Hall–Kier alpha value is -4.11. The van der Waals surface area contributed by atoms with Crippen molar-refractivity contribution < 1.29 is 34.8 Å². The third-order valence-electron chi connectivity index (χ3n) is 8.41. The maximum absolute atomic E-state index is 15.2. The summed E-state index contributed by atoms with van der Waals surface area (Å²) < 4.78 is 112. The lowest BCUT2D eigenvalue weighted by atomic mass is 9.96. The minimum absolute atomic E-state index is 0.0733. The summed E-state index contributed by atoms with van der Waals surface area (Å²) in [6, 6.07) is 14.9. The first kappa shape index (κ1) is 30.9. The Labute approximate surface area is 257 Å². The first-order valence-electron chi connectivity index (χ1n) is 14.6. The standard InChI is InChI=1S/C36H28F6O2S/c37-27-11-25(12-28(38)17-27)33-5-1-3-31(33)21-7-9-23(35(41)15-21)19-45(43,44)20-24-10-8-22(16-36(24)42)32-4-2-6-34(32)26-13-29(39)18-30(40)14-26/h7-18H,1-6,19-20H2. The highest BCUT2D eigenvalue weighted by atomic mass is 32.2. The fourth-order valence-corrected chi connectivity index (χ4v) is 7.96. The Morgan fingerprint density at radius 3 is 1.11 bits per heavy atom. The molecule has 2 aliphatic carbocycles. The number of hydrogen-bond acceptors (Lipinski definition) is 2. The van der Waals surface area contributed by atoms with Gasteiger partial charge in [-0.05, 0) is 119 Å². The molecular weight excluding hydrogens is 610 g/mol. The highest BCUT2D eigenvalue weighted by Gasteiger charge is 2.24. The van der Waals surface area contributed by atoms with E-state index in [1.165, 1.54) is 48.5 Å². The van der Waals surface area contributed by atoms with Crippen LogP contribution in [0.1, 0.15) is 71.9 Å². The molecule has 232 valence electrons. The first-order chi connectivity index (χ1) is 21.5. The predicted molar refractivity (Wildman–Crippen MR) is 163 cm³/mol. The zero-order valence-corrected chi connectivity index (χ0v) is 24.9. The van der Waals surface area contributed by atoms with Crippen molar-refractivity contribution in [3.63, 3.8) is 0 Å². The van der Waals surface area contributed by atoms with Gasteiger partial charge in [0.15, 0.2) is 9.84 Å². The van der Waals surface area contributed by atoms with E-state index in [1.54, 1.807) is 12.1 Å². The quantitative estimate of drug-likeness (QED) is 0.180. The topological polar surface area (TPSA) is 34.1 Å². The van der Waals surface area contributed by atoms with E-state index in [0.29, 0.717) is 47.9 Å². The molecule has 0 heterocycles. The van der Waals surface area contributed by atoms with Crippen molar-refractivity contribution in [3.8, 4) is 0 Å². The lowest BCUT2D eigenvalue weighted by Crippen LogP contribution is -2.10. The summed E-state index contributed by atoms with van der Waals surface area (Å²) in [5.41, 5.74) is 4.59. The molecule has 0 atom stereocenters. The molecule has 4 aromatic rings. The van der Waals surface area contributed by atoms with E-state index < -0.39 is 56.2 Å². The van der Waals surface area contributed by atoms with Crippen LogP contribution in [-0.4, -0.2) is 8.42 Å². The number of hydrogen-bond donors (Lipinski definition) is 0. The van der Waals surface area contributed by atoms with E-state index >= 15 is 8.78 Å². The molecule has 0 bridgehead atoms. The molecule has 0 aromatic heterocycles. The molecule has 2 aliphatic rings. The van der Waals surface area contributed by atoms with Gasteiger partial charge in [-0.2, -0.15) is 0 Å². The van der Waals surface area contributed by atoms with Crippen LogP contribution < -0.4 is 0 Å². The van der Waals surface area contributed by atoms with Gasteiger partial charge in [0.05, 0.1) is 11.5 Å². The Balaban J connectivity index is 1.21. The summed E-state index contributed by atoms with van der Waals surface area (Å²) in [4.78, 5) is 0. The van der Waals surface area contributed by atoms with Crippen molar-refractivity contribution in [2.75, 3.05) is 0 Å². The van der Waals surface area contributed by atoms with Crippen LogP contribution in [0.4, 0.5) is 26.3 Å². The first-order valence-corrected chi connectivity index (χ1v) is 16.4. The molecule has 0 unspecified atom stereocenters. The molecule has 9 heteroatoms. The average molecular weight is 639 g/mol. The van der Waals surface area contributed by atoms with E-state index in [2.05, 4.69) is 0 Å². The molecule has 0 spiro atoms. The van der Waals surface area contributed by atoms with Crippen molar-refractivity contribution in [1.82, 2.24) is 0 Å². The van der Waals surface area contributed by atoms with Crippen LogP contribution in [-0.2, 0) is 21.3 Å². The third kappa shape index (κ3) is 6.78. The van der Waals surface area contributed by atoms with Gasteiger partial charge >= 0.3 is 0 Å². The van der Waals surface area contributed by atoms with Crippen LogP contribution in [0, 0.1) is 34.9 Å². The second-order valence-electron chi connectivity index (χ2n) is 11.6. The largest absolute Gasteiger partial charge is 0.228 e. The highest BCUT2D eigenvalue weighted by Crippen LogP contribution is 2.42. The average Bonchev–Trinajstić information content (AvgIpc) is 3.65. The molecule has 0 fully saturated rings. The Morgan fingerprint density at radius 1 is 0.444 bits per heavy atom. The van der Waals surface area contributed by atoms with Crippen molar-refractivity contribution >= 4 is 32.1 Å². The van der Waals surface area contributed by atoms with Crippen molar-refractivity contribution in [3.05, 3.63) is 141 Å². The molecule has 0 aliphatic heterocycles. The molecule has 6 rings (SSSR count). The Bertz CT molecular complexity index is 1820. The van der Waals surface area contributed by atoms with Gasteiger partial charge in [-0.1, -0.05) is 24.3 Å². The maximum Gasteiger partial charge on any atom is 0.158 e. The molecule has 0 saturated carbocycles. The summed E-state index contributed by atoms with van der Waals surface area (Å²) >= 11 is 0. The van der Waals surface area contributed by atoms with Crippen LogP contribution in [0.15, 0.2) is 72.8 Å². The number of rotatable bonds is 8. The highest BCUT2D eigenvalue weighted by molar-refractivity contribution is 7.89. The van der Waals surface area contributed by atoms with Gasteiger partial charge < -0.3 is 0 Å². The second-order valence-corrected chi connectivity index (χ2v) is 13.6. The Morgan fingerprint density at radius 2 is 0.778 bits per heavy atom. The molecule has 0 radical (unpaired) electrons. The van der Waals surface area contributed by atoms with Crippen LogP contribution in [0.25, 0.3) is 22.3 Å². The minimum Gasteiger partial charge on any atom is -0.228 e. The molecule has 2 nitrogen and oxygen atoms in total. The van der Waals surface area contributed by atoms with E-state index in [4.69, 9.17) is 0 Å². The van der Waals surface area contributed by atoms with E-state index in [0.717, 1.165) is 47.3 Å². The summed E-state index contributed by atoms with van der Waals surface area (Å²) in [7, 11) is -3.99. The predicted octanol–water partition coefficient (Wildman–Crippen LogP) is 9.83. The lowest BCUT2D eigenvalue weighted by molar-refractivity contribution is 0.580. The maximum atomic E-state index is 15.2. The second kappa shape index (κ2) is 12.4. The summed E-state index contributed by atoms with van der Waals surface area (Å²) in [5.74, 6) is -5.62. The van der Waals surface area contributed by atoms with Gasteiger partial charge in [0.1, 0.15) is 34.9 Å². The molecule has 0 saturated heterocycles. The summed E-state index contributed by atoms with van der Waals surface area (Å²) in [6.07, 6.45) is 3.76. The number of benzene rings is 4. The van der Waals surface area contributed by atoms with E-state index in [1.807, 2.05) is 0 Å². The number of sulfone groups is 1. The molecule has 4 aromatic carbocycles. The zero-order chi connectivity index (χ0) is 31.9. The smallest absolute Gasteiger partial charge is 0.158 e. The van der Waals surface area contributed by atoms with Gasteiger partial charge in [0.2, 0.25) is 0 Å². The summed E-state index contributed by atoms with van der Waals surface area (Å²) in [6.45, 7) is 0. The fourth-order valence-electron chi connectivity index (χ4n) is 6.45. The number of halogens is 6. The molecule has 45 heavy (non-hydrogen) atoms. The normalized spacial score (nSPS) is 15.4.